The second-order valence-corrected chi connectivity index (χ2v) is 5.39. The van der Waals surface area contributed by atoms with Crippen LogP contribution in [-0.4, -0.2) is 23.8 Å². The van der Waals surface area contributed by atoms with Gasteiger partial charge in [0.2, 0.25) is 0 Å². The summed E-state index contributed by atoms with van der Waals surface area (Å²) in [7, 11) is 2.16. The van der Waals surface area contributed by atoms with Crippen molar-refractivity contribution >= 4 is 37.4 Å². The van der Waals surface area contributed by atoms with Gasteiger partial charge in [-0.05, 0) is 29.4 Å². The molecule has 2 rings (SSSR count). The zero-order chi connectivity index (χ0) is 10.7. The standard InChI is InChI=1S/C12H14BrNS/c1-14(7-6-13)8-10-9-15-12-5-3-2-4-11(10)12/h2-5,9H,6-8H2,1H3. The molecule has 1 heterocycles. The highest BCUT2D eigenvalue weighted by Crippen LogP contribution is 2.26. The molecular weight excluding hydrogens is 270 g/mol. The summed E-state index contributed by atoms with van der Waals surface area (Å²) in [5, 5.41) is 4.71. The van der Waals surface area contributed by atoms with E-state index in [0.29, 0.717) is 0 Å². The first-order valence-electron chi connectivity index (χ1n) is 5.01. The SMILES string of the molecule is CN(CCBr)Cc1csc2ccccc12. The van der Waals surface area contributed by atoms with Crippen LogP contribution >= 0.6 is 27.3 Å². The Balaban J connectivity index is 2.21. The van der Waals surface area contributed by atoms with Gasteiger partial charge in [-0.2, -0.15) is 0 Å². The summed E-state index contributed by atoms with van der Waals surface area (Å²) in [6.07, 6.45) is 0. The molecule has 0 unspecified atom stereocenters. The predicted octanol–water partition coefficient (Wildman–Crippen LogP) is 3.73. The first kappa shape index (κ1) is 11.1. The van der Waals surface area contributed by atoms with Gasteiger partial charge in [0.1, 0.15) is 0 Å². The van der Waals surface area contributed by atoms with E-state index in [1.54, 1.807) is 0 Å². The van der Waals surface area contributed by atoms with Gasteiger partial charge in [-0.15, -0.1) is 11.3 Å². The quantitative estimate of drug-likeness (QED) is 0.773. The van der Waals surface area contributed by atoms with Crippen LogP contribution in [-0.2, 0) is 6.54 Å². The van der Waals surface area contributed by atoms with Crippen molar-refractivity contribution in [2.75, 3.05) is 18.9 Å². The van der Waals surface area contributed by atoms with Gasteiger partial charge < -0.3 is 4.90 Å². The molecule has 0 radical (unpaired) electrons. The molecule has 0 spiro atoms. The predicted molar refractivity (Wildman–Crippen MR) is 72.0 cm³/mol. The fourth-order valence-corrected chi connectivity index (χ4v) is 3.23. The van der Waals surface area contributed by atoms with Gasteiger partial charge in [-0.25, -0.2) is 0 Å². The number of rotatable bonds is 4. The van der Waals surface area contributed by atoms with E-state index in [1.165, 1.54) is 15.6 Å². The van der Waals surface area contributed by atoms with E-state index < -0.39 is 0 Å². The summed E-state index contributed by atoms with van der Waals surface area (Å²) in [5.41, 5.74) is 1.44. The third kappa shape index (κ3) is 2.60. The molecule has 0 amide bonds. The Labute approximate surface area is 103 Å². The Kier molecular flexibility index (Phi) is 3.78. The molecule has 0 atom stereocenters. The topological polar surface area (TPSA) is 3.24 Å². The molecular formula is C12H14BrNS. The fraction of sp³-hybridized carbons (Fsp3) is 0.333. The van der Waals surface area contributed by atoms with E-state index in [1.807, 2.05) is 11.3 Å². The number of fused-ring (bicyclic) bond motifs is 1. The van der Waals surface area contributed by atoms with Crippen LogP contribution in [0, 0.1) is 0 Å². The van der Waals surface area contributed by atoms with Crippen LogP contribution in [0.5, 0.6) is 0 Å². The van der Waals surface area contributed by atoms with E-state index in [-0.39, 0.29) is 0 Å². The maximum atomic E-state index is 3.46. The van der Waals surface area contributed by atoms with Crippen LogP contribution in [0.1, 0.15) is 5.56 Å². The summed E-state index contributed by atoms with van der Waals surface area (Å²) < 4.78 is 1.39. The highest BCUT2D eigenvalue weighted by molar-refractivity contribution is 9.09. The lowest BCUT2D eigenvalue weighted by Gasteiger charge is -2.14. The molecule has 0 fully saturated rings. The Hall–Kier alpha value is -0.380. The molecule has 0 N–H and O–H groups in total. The molecule has 3 heteroatoms. The molecule has 2 aromatic rings. The largest absolute Gasteiger partial charge is 0.301 e. The first-order valence-corrected chi connectivity index (χ1v) is 7.01. The molecule has 15 heavy (non-hydrogen) atoms. The smallest absolute Gasteiger partial charge is 0.0346 e. The van der Waals surface area contributed by atoms with Gasteiger partial charge in [0.05, 0.1) is 0 Å². The average molecular weight is 284 g/mol. The van der Waals surface area contributed by atoms with Crippen LogP contribution in [0.2, 0.25) is 0 Å². The molecule has 0 aliphatic rings. The lowest BCUT2D eigenvalue weighted by Crippen LogP contribution is -2.19. The van der Waals surface area contributed by atoms with Gasteiger partial charge in [0.25, 0.3) is 0 Å². The third-order valence-electron chi connectivity index (χ3n) is 2.47. The van der Waals surface area contributed by atoms with Crippen LogP contribution in [0.4, 0.5) is 0 Å². The lowest BCUT2D eigenvalue weighted by molar-refractivity contribution is 0.351. The van der Waals surface area contributed by atoms with Crippen molar-refractivity contribution < 1.29 is 0 Å². The van der Waals surface area contributed by atoms with E-state index in [0.717, 1.165) is 18.4 Å². The molecule has 80 valence electrons. The number of hydrogen-bond acceptors (Lipinski definition) is 2. The van der Waals surface area contributed by atoms with Crippen LogP contribution in [0.3, 0.4) is 0 Å². The highest BCUT2D eigenvalue weighted by Gasteiger charge is 2.05. The fourth-order valence-electron chi connectivity index (χ4n) is 1.67. The maximum absolute atomic E-state index is 3.46. The molecule has 1 aromatic heterocycles. The van der Waals surface area contributed by atoms with Crippen molar-refractivity contribution in [1.82, 2.24) is 4.90 Å². The normalized spacial score (nSPS) is 11.4. The van der Waals surface area contributed by atoms with Crippen molar-refractivity contribution in [1.29, 1.82) is 0 Å². The van der Waals surface area contributed by atoms with Crippen LogP contribution in [0.15, 0.2) is 29.6 Å². The molecule has 0 bridgehead atoms. The zero-order valence-electron chi connectivity index (χ0n) is 8.74. The Morgan fingerprint density at radius 1 is 1.33 bits per heavy atom. The van der Waals surface area contributed by atoms with Crippen LogP contribution in [0.25, 0.3) is 10.1 Å². The first-order chi connectivity index (χ1) is 7.31. The second kappa shape index (κ2) is 5.10. The lowest BCUT2D eigenvalue weighted by atomic mass is 10.2. The van der Waals surface area contributed by atoms with E-state index in [9.17, 15) is 0 Å². The molecule has 0 aliphatic heterocycles. The summed E-state index contributed by atoms with van der Waals surface area (Å²) in [4.78, 5) is 2.34. The van der Waals surface area contributed by atoms with Gasteiger partial charge in [-0.3, -0.25) is 0 Å². The minimum absolute atomic E-state index is 1.03. The van der Waals surface area contributed by atoms with Crippen molar-refractivity contribution in [2.45, 2.75) is 6.54 Å². The van der Waals surface area contributed by atoms with E-state index in [2.05, 4.69) is 57.5 Å². The molecule has 1 nitrogen and oxygen atoms in total. The van der Waals surface area contributed by atoms with Crippen molar-refractivity contribution in [2.24, 2.45) is 0 Å². The van der Waals surface area contributed by atoms with E-state index in [4.69, 9.17) is 0 Å². The molecule has 1 aromatic carbocycles. The van der Waals surface area contributed by atoms with Crippen molar-refractivity contribution in [3.8, 4) is 0 Å². The summed E-state index contributed by atoms with van der Waals surface area (Å²) in [5.74, 6) is 0. The van der Waals surface area contributed by atoms with Crippen molar-refractivity contribution in [3.05, 3.63) is 35.2 Å². The number of alkyl halides is 1. The van der Waals surface area contributed by atoms with Crippen LogP contribution < -0.4 is 0 Å². The Morgan fingerprint density at radius 2 is 2.13 bits per heavy atom. The Bertz CT molecular complexity index is 438. The number of nitrogens with zero attached hydrogens (tertiary/aromatic N) is 1. The van der Waals surface area contributed by atoms with E-state index >= 15 is 0 Å². The minimum atomic E-state index is 1.03. The van der Waals surface area contributed by atoms with Gasteiger partial charge >= 0.3 is 0 Å². The molecule has 0 saturated carbocycles. The van der Waals surface area contributed by atoms with Gasteiger partial charge in [-0.1, -0.05) is 34.1 Å². The van der Waals surface area contributed by atoms with Gasteiger partial charge in [0.15, 0.2) is 0 Å². The Morgan fingerprint density at radius 3 is 2.93 bits per heavy atom. The number of thiophene rings is 1. The average Bonchev–Trinajstić information content (AvgIpc) is 2.62. The monoisotopic (exact) mass is 283 g/mol. The molecule has 0 saturated heterocycles. The summed E-state index contributed by atoms with van der Waals surface area (Å²) >= 11 is 5.30. The second-order valence-electron chi connectivity index (χ2n) is 3.68. The number of halogens is 1. The summed E-state index contributed by atoms with van der Waals surface area (Å²) in [6, 6.07) is 8.62. The summed E-state index contributed by atoms with van der Waals surface area (Å²) in [6.45, 7) is 2.12. The number of hydrogen-bond donors (Lipinski definition) is 0. The minimum Gasteiger partial charge on any atom is -0.301 e. The van der Waals surface area contributed by atoms with Crippen molar-refractivity contribution in [3.63, 3.8) is 0 Å². The highest BCUT2D eigenvalue weighted by atomic mass is 79.9. The third-order valence-corrected chi connectivity index (χ3v) is 3.83. The molecule has 0 aliphatic carbocycles. The zero-order valence-corrected chi connectivity index (χ0v) is 11.1. The maximum Gasteiger partial charge on any atom is 0.0346 e. The number of benzene rings is 1. The van der Waals surface area contributed by atoms with Gasteiger partial charge in [0, 0.05) is 23.1 Å².